The molecule has 1 heterocycles. The Hall–Kier alpha value is -1.68. The van der Waals surface area contributed by atoms with Gasteiger partial charge in [-0.3, -0.25) is 9.78 Å². The number of anilines is 1. The quantitative estimate of drug-likeness (QED) is 0.921. The minimum Gasteiger partial charge on any atom is -0.320 e. The lowest BCUT2D eigenvalue weighted by Gasteiger charge is -2.08. The number of pyridine rings is 1. The van der Waals surface area contributed by atoms with Gasteiger partial charge in [0, 0.05) is 10.7 Å². The molecule has 86 valence electrons. The summed E-state index contributed by atoms with van der Waals surface area (Å²) in [6, 6.07) is 11.0. The smallest absolute Gasteiger partial charge is 0.274 e. The van der Waals surface area contributed by atoms with Gasteiger partial charge >= 0.3 is 0 Å². The number of hydrogen-bond acceptors (Lipinski definition) is 2. The molecule has 1 N–H and O–H groups in total. The van der Waals surface area contributed by atoms with Crippen molar-refractivity contribution in [3.8, 4) is 0 Å². The van der Waals surface area contributed by atoms with Crippen molar-refractivity contribution < 1.29 is 4.79 Å². The van der Waals surface area contributed by atoms with Gasteiger partial charge in [-0.05, 0) is 46.6 Å². The zero-order chi connectivity index (χ0) is 12.3. The van der Waals surface area contributed by atoms with Gasteiger partial charge in [-0.1, -0.05) is 18.2 Å². The number of carbonyl (C=O) groups excluding carboxylic acids is 1. The molecule has 1 aromatic heterocycles. The van der Waals surface area contributed by atoms with E-state index < -0.39 is 0 Å². The first kappa shape index (κ1) is 11.8. The number of aromatic nitrogens is 1. The van der Waals surface area contributed by atoms with Crippen molar-refractivity contribution in [1.29, 1.82) is 0 Å². The van der Waals surface area contributed by atoms with E-state index >= 15 is 0 Å². The standard InChI is InChI=1S/C13H11BrN2O/c1-9-5-4-7-10(12(9)14)16-13(17)11-6-2-3-8-15-11/h2-8H,1H3,(H,16,17). The van der Waals surface area contributed by atoms with Crippen molar-refractivity contribution in [3.05, 3.63) is 58.3 Å². The highest BCUT2D eigenvalue weighted by Crippen LogP contribution is 2.25. The Morgan fingerprint density at radius 3 is 2.76 bits per heavy atom. The molecule has 0 unspecified atom stereocenters. The second-order valence-electron chi connectivity index (χ2n) is 3.61. The lowest BCUT2D eigenvalue weighted by molar-refractivity contribution is 0.102. The Labute approximate surface area is 108 Å². The van der Waals surface area contributed by atoms with E-state index in [2.05, 4.69) is 26.2 Å². The van der Waals surface area contributed by atoms with Crippen LogP contribution in [0.3, 0.4) is 0 Å². The van der Waals surface area contributed by atoms with E-state index in [4.69, 9.17) is 0 Å². The van der Waals surface area contributed by atoms with E-state index in [0.717, 1.165) is 15.7 Å². The lowest BCUT2D eigenvalue weighted by Crippen LogP contribution is -2.13. The van der Waals surface area contributed by atoms with Crippen LogP contribution in [-0.2, 0) is 0 Å². The summed E-state index contributed by atoms with van der Waals surface area (Å²) in [7, 11) is 0. The topological polar surface area (TPSA) is 42.0 Å². The Bertz CT molecular complexity index is 540. The summed E-state index contributed by atoms with van der Waals surface area (Å²) in [5.41, 5.74) is 2.23. The molecule has 0 radical (unpaired) electrons. The Morgan fingerprint density at radius 1 is 1.24 bits per heavy atom. The van der Waals surface area contributed by atoms with Crippen LogP contribution in [0.25, 0.3) is 0 Å². The third-order valence-corrected chi connectivity index (χ3v) is 3.39. The van der Waals surface area contributed by atoms with Crippen LogP contribution in [0.1, 0.15) is 16.1 Å². The van der Waals surface area contributed by atoms with Gasteiger partial charge in [-0.15, -0.1) is 0 Å². The van der Waals surface area contributed by atoms with Crippen molar-refractivity contribution in [3.63, 3.8) is 0 Å². The molecule has 0 saturated carbocycles. The molecule has 0 bridgehead atoms. The summed E-state index contributed by atoms with van der Waals surface area (Å²) in [6.07, 6.45) is 1.60. The van der Waals surface area contributed by atoms with E-state index in [1.165, 1.54) is 0 Å². The molecule has 0 spiro atoms. The van der Waals surface area contributed by atoms with E-state index in [-0.39, 0.29) is 5.91 Å². The predicted octanol–water partition coefficient (Wildman–Crippen LogP) is 3.40. The fourth-order valence-electron chi connectivity index (χ4n) is 1.43. The number of benzene rings is 1. The highest BCUT2D eigenvalue weighted by atomic mass is 79.9. The number of amides is 1. The van der Waals surface area contributed by atoms with Crippen molar-refractivity contribution >= 4 is 27.5 Å². The first-order valence-corrected chi connectivity index (χ1v) is 5.95. The molecular weight excluding hydrogens is 280 g/mol. The minimum absolute atomic E-state index is 0.211. The van der Waals surface area contributed by atoms with Gasteiger partial charge in [0.05, 0.1) is 5.69 Å². The molecule has 1 amide bonds. The summed E-state index contributed by atoms with van der Waals surface area (Å²) in [5, 5.41) is 2.82. The Kier molecular flexibility index (Phi) is 3.54. The van der Waals surface area contributed by atoms with Crippen LogP contribution in [0.4, 0.5) is 5.69 Å². The molecule has 17 heavy (non-hydrogen) atoms. The van der Waals surface area contributed by atoms with Gasteiger partial charge in [-0.2, -0.15) is 0 Å². The number of hydrogen-bond donors (Lipinski definition) is 1. The Morgan fingerprint density at radius 2 is 2.06 bits per heavy atom. The molecule has 0 fully saturated rings. The number of halogens is 1. The van der Waals surface area contributed by atoms with Crippen molar-refractivity contribution in [2.45, 2.75) is 6.92 Å². The highest BCUT2D eigenvalue weighted by molar-refractivity contribution is 9.10. The van der Waals surface area contributed by atoms with Crippen LogP contribution in [0.5, 0.6) is 0 Å². The molecule has 3 nitrogen and oxygen atoms in total. The number of carbonyl (C=O) groups is 1. The molecule has 2 rings (SSSR count). The molecule has 0 saturated heterocycles. The average molecular weight is 291 g/mol. The molecule has 4 heteroatoms. The highest BCUT2D eigenvalue weighted by Gasteiger charge is 2.09. The average Bonchev–Trinajstić information content (AvgIpc) is 2.36. The third kappa shape index (κ3) is 2.71. The fourth-order valence-corrected chi connectivity index (χ4v) is 1.79. The largest absolute Gasteiger partial charge is 0.320 e. The minimum atomic E-state index is -0.211. The zero-order valence-corrected chi connectivity index (χ0v) is 10.9. The number of nitrogens with zero attached hydrogens (tertiary/aromatic N) is 1. The molecule has 0 aliphatic rings. The summed E-state index contributed by atoms with van der Waals surface area (Å²) in [5.74, 6) is -0.211. The summed E-state index contributed by atoms with van der Waals surface area (Å²) >= 11 is 3.45. The second kappa shape index (κ2) is 5.10. The summed E-state index contributed by atoms with van der Waals surface area (Å²) < 4.78 is 0.893. The van der Waals surface area contributed by atoms with Crippen LogP contribution >= 0.6 is 15.9 Å². The van der Waals surface area contributed by atoms with Crippen LogP contribution in [0.15, 0.2) is 47.1 Å². The number of aryl methyl sites for hydroxylation is 1. The SMILES string of the molecule is Cc1cccc(NC(=O)c2ccccn2)c1Br. The predicted molar refractivity (Wildman–Crippen MR) is 71.1 cm³/mol. The van der Waals surface area contributed by atoms with Gasteiger partial charge in [-0.25, -0.2) is 0 Å². The van der Waals surface area contributed by atoms with Gasteiger partial charge in [0.25, 0.3) is 5.91 Å². The van der Waals surface area contributed by atoms with E-state index in [1.807, 2.05) is 25.1 Å². The van der Waals surface area contributed by atoms with Gasteiger partial charge in [0.15, 0.2) is 0 Å². The van der Waals surface area contributed by atoms with Crippen molar-refractivity contribution in [2.24, 2.45) is 0 Å². The summed E-state index contributed by atoms with van der Waals surface area (Å²) in [4.78, 5) is 15.9. The van der Waals surface area contributed by atoms with Crippen LogP contribution in [0.2, 0.25) is 0 Å². The van der Waals surface area contributed by atoms with E-state index in [0.29, 0.717) is 5.69 Å². The monoisotopic (exact) mass is 290 g/mol. The van der Waals surface area contributed by atoms with E-state index in [1.54, 1.807) is 24.4 Å². The lowest BCUT2D eigenvalue weighted by atomic mass is 10.2. The normalized spacial score (nSPS) is 10.0. The van der Waals surface area contributed by atoms with Gasteiger partial charge in [0.1, 0.15) is 5.69 Å². The first-order valence-electron chi connectivity index (χ1n) is 5.16. The van der Waals surface area contributed by atoms with Gasteiger partial charge in [0.2, 0.25) is 0 Å². The molecule has 0 aliphatic carbocycles. The third-order valence-electron chi connectivity index (χ3n) is 2.34. The number of rotatable bonds is 2. The molecule has 2 aromatic rings. The second-order valence-corrected chi connectivity index (χ2v) is 4.40. The maximum atomic E-state index is 11.9. The van der Waals surface area contributed by atoms with Gasteiger partial charge < -0.3 is 5.32 Å². The van der Waals surface area contributed by atoms with Crippen molar-refractivity contribution in [1.82, 2.24) is 4.98 Å². The molecule has 1 aromatic carbocycles. The Balaban J connectivity index is 2.22. The molecular formula is C13H11BrN2O. The first-order chi connectivity index (χ1) is 8.18. The van der Waals surface area contributed by atoms with Crippen LogP contribution < -0.4 is 5.32 Å². The maximum Gasteiger partial charge on any atom is 0.274 e. The summed E-state index contributed by atoms with van der Waals surface area (Å²) in [6.45, 7) is 1.97. The van der Waals surface area contributed by atoms with Crippen LogP contribution in [-0.4, -0.2) is 10.9 Å². The fraction of sp³-hybridized carbons (Fsp3) is 0.0769. The molecule has 0 aliphatic heterocycles. The maximum absolute atomic E-state index is 11.9. The van der Waals surface area contributed by atoms with Crippen LogP contribution in [0, 0.1) is 6.92 Å². The van der Waals surface area contributed by atoms with E-state index in [9.17, 15) is 4.79 Å². The number of nitrogens with one attached hydrogen (secondary N) is 1. The zero-order valence-electron chi connectivity index (χ0n) is 9.27. The molecule has 0 atom stereocenters. The van der Waals surface area contributed by atoms with Crippen molar-refractivity contribution in [2.75, 3.05) is 5.32 Å².